The molecule has 0 saturated carbocycles. The average Bonchev–Trinajstić information content (AvgIpc) is 1.59. The van der Waals surface area contributed by atoms with Gasteiger partial charge in [-0.3, -0.25) is 0 Å². The van der Waals surface area contributed by atoms with Crippen molar-refractivity contribution < 1.29 is 4.79 Å². The molecule has 0 radical (unpaired) electrons. The first-order valence-corrected chi connectivity index (χ1v) is 3.87. The van der Waals surface area contributed by atoms with Gasteiger partial charge in [0.1, 0.15) is 5.24 Å². The van der Waals surface area contributed by atoms with Crippen LogP contribution < -0.4 is 0 Å². The lowest BCUT2D eigenvalue weighted by molar-refractivity contribution is 0.190. The van der Waals surface area contributed by atoms with Crippen LogP contribution in [0.1, 0.15) is 27.7 Å². The topological polar surface area (TPSA) is 20.3 Å². The Bertz CT molecular complexity index is 115. The summed E-state index contributed by atoms with van der Waals surface area (Å²) in [5.74, 6) is 0. The molecule has 0 fully saturated rings. The SMILES string of the molecule is CC(C)N(C(=O)[S-])C(C)C. The molecule has 0 unspecified atom stereocenters. The van der Waals surface area contributed by atoms with Crippen molar-refractivity contribution >= 4 is 17.9 Å². The Morgan fingerprint density at radius 3 is 1.50 bits per heavy atom. The average molecular weight is 160 g/mol. The first kappa shape index (κ1) is 9.69. The quantitative estimate of drug-likeness (QED) is 0.574. The highest BCUT2D eigenvalue weighted by molar-refractivity contribution is 7.76. The maximum Gasteiger partial charge on any atom is 0.101 e. The van der Waals surface area contributed by atoms with E-state index in [-0.39, 0.29) is 17.3 Å². The van der Waals surface area contributed by atoms with Gasteiger partial charge in [-0.1, -0.05) is 0 Å². The van der Waals surface area contributed by atoms with Gasteiger partial charge < -0.3 is 22.3 Å². The monoisotopic (exact) mass is 160 g/mol. The first-order valence-electron chi connectivity index (χ1n) is 3.46. The maximum atomic E-state index is 10.8. The van der Waals surface area contributed by atoms with Gasteiger partial charge in [0, 0.05) is 12.1 Å². The molecule has 60 valence electrons. The standard InChI is InChI=1S/C7H15NOS/c1-5(2)8(6(3)4)7(9)10/h5-6H,1-4H3,(H,9,10)/p-1. The molecule has 0 heterocycles. The van der Waals surface area contributed by atoms with Gasteiger partial charge in [0.15, 0.2) is 0 Å². The zero-order chi connectivity index (χ0) is 8.31. The Kier molecular flexibility index (Phi) is 3.64. The fourth-order valence-corrected chi connectivity index (χ4v) is 1.44. The smallest absolute Gasteiger partial charge is 0.101 e. The van der Waals surface area contributed by atoms with Crippen molar-refractivity contribution in [2.75, 3.05) is 0 Å². The lowest BCUT2D eigenvalue weighted by Crippen LogP contribution is -2.40. The van der Waals surface area contributed by atoms with E-state index in [4.69, 9.17) is 0 Å². The maximum absolute atomic E-state index is 10.8. The third-order valence-electron chi connectivity index (χ3n) is 1.32. The van der Waals surface area contributed by atoms with Crippen LogP contribution in [0.5, 0.6) is 0 Å². The summed E-state index contributed by atoms with van der Waals surface area (Å²) in [6.45, 7) is 7.85. The molecule has 0 aliphatic carbocycles. The van der Waals surface area contributed by atoms with Crippen LogP contribution in [0.4, 0.5) is 4.79 Å². The first-order chi connectivity index (χ1) is 4.46. The minimum absolute atomic E-state index is 0.213. The molecular formula is C7H14NOS-. The predicted molar refractivity (Wildman–Crippen MR) is 44.9 cm³/mol. The minimum atomic E-state index is -0.259. The van der Waals surface area contributed by atoms with Crippen LogP contribution in [0.25, 0.3) is 0 Å². The predicted octanol–water partition coefficient (Wildman–Crippen LogP) is 1.77. The second-order valence-corrected chi connectivity index (χ2v) is 3.21. The molecule has 1 amide bonds. The highest BCUT2D eigenvalue weighted by atomic mass is 32.1. The van der Waals surface area contributed by atoms with E-state index in [9.17, 15) is 4.79 Å². The lowest BCUT2D eigenvalue weighted by atomic mass is 10.2. The van der Waals surface area contributed by atoms with Crippen LogP contribution in [-0.4, -0.2) is 22.2 Å². The fourth-order valence-electron chi connectivity index (χ4n) is 1.02. The molecule has 0 bridgehead atoms. The van der Waals surface area contributed by atoms with E-state index in [1.165, 1.54) is 0 Å². The molecule has 0 atom stereocenters. The van der Waals surface area contributed by atoms with Crippen molar-refractivity contribution in [1.82, 2.24) is 4.90 Å². The summed E-state index contributed by atoms with van der Waals surface area (Å²) in [5, 5.41) is -0.259. The minimum Gasteiger partial charge on any atom is -0.719 e. The molecule has 10 heavy (non-hydrogen) atoms. The van der Waals surface area contributed by atoms with Crippen LogP contribution >= 0.6 is 0 Å². The van der Waals surface area contributed by atoms with E-state index < -0.39 is 0 Å². The van der Waals surface area contributed by atoms with Gasteiger partial charge in [-0.05, 0) is 27.7 Å². The number of nitrogens with zero attached hydrogens (tertiary/aromatic N) is 1. The lowest BCUT2D eigenvalue weighted by Gasteiger charge is -2.33. The van der Waals surface area contributed by atoms with Gasteiger partial charge in [-0.2, -0.15) is 0 Å². The summed E-state index contributed by atoms with van der Waals surface area (Å²) in [6.07, 6.45) is 0. The highest BCUT2D eigenvalue weighted by Crippen LogP contribution is 2.04. The summed E-state index contributed by atoms with van der Waals surface area (Å²) in [4.78, 5) is 12.4. The molecule has 0 aliphatic rings. The molecule has 0 aromatic rings. The molecule has 0 rings (SSSR count). The van der Waals surface area contributed by atoms with Crippen LogP contribution in [-0.2, 0) is 12.6 Å². The Morgan fingerprint density at radius 2 is 1.50 bits per heavy atom. The highest BCUT2D eigenvalue weighted by Gasteiger charge is 2.10. The molecular weight excluding hydrogens is 146 g/mol. The van der Waals surface area contributed by atoms with Crippen molar-refractivity contribution in [3.05, 3.63) is 0 Å². The van der Waals surface area contributed by atoms with E-state index in [0.29, 0.717) is 0 Å². The van der Waals surface area contributed by atoms with E-state index in [1.54, 1.807) is 4.90 Å². The molecule has 0 aliphatic heterocycles. The van der Waals surface area contributed by atoms with Gasteiger partial charge in [0.05, 0.1) is 0 Å². The number of amides is 1. The number of hydrogen-bond acceptors (Lipinski definition) is 2. The second-order valence-electron chi connectivity index (χ2n) is 2.86. The van der Waals surface area contributed by atoms with Crippen LogP contribution in [0, 0.1) is 0 Å². The summed E-state index contributed by atoms with van der Waals surface area (Å²) >= 11 is 4.54. The van der Waals surface area contributed by atoms with Crippen molar-refractivity contribution in [1.29, 1.82) is 0 Å². The van der Waals surface area contributed by atoms with Gasteiger partial charge in [-0.25, -0.2) is 0 Å². The van der Waals surface area contributed by atoms with Gasteiger partial charge in [-0.15, -0.1) is 0 Å². The van der Waals surface area contributed by atoms with Crippen molar-refractivity contribution in [3.8, 4) is 0 Å². The van der Waals surface area contributed by atoms with Gasteiger partial charge >= 0.3 is 0 Å². The molecule has 0 saturated heterocycles. The Labute approximate surface area is 68.0 Å². The normalized spacial score (nSPS) is 10.6. The number of rotatable bonds is 2. The van der Waals surface area contributed by atoms with Gasteiger partial charge in [0.2, 0.25) is 0 Å². The Hall–Kier alpha value is -0.310. The number of carbonyl (C=O) groups excluding carboxylic acids is 1. The third kappa shape index (κ3) is 2.52. The summed E-state index contributed by atoms with van der Waals surface area (Å²) < 4.78 is 0. The van der Waals surface area contributed by atoms with Crippen molar-refractivity contribution in [2.45, 2.75) is 39.8 Å². The Balaban J connectivity index is 4.12. The summed E-state index contributed by atoms with van der Waals surface area (Å²) in [5.41, 5.74) is 0. The van der Waals surface area contributed by atoms with Crippen LogP contribution in [0.3, 0.4) is 0 Å². The summed E-state index contributed by atoms with van der Waals surface area (Å²) in [6, 6.07) is 0.426. The number of carbonyl (C=O) groups is 1. The van der Waals surface area contributed by atoms with Crippen molar-refractivity contribution in [2.24, 2.45) is 0 Å². The fraction of sp³-hybridized carbons (Fsp3) is 0.857. The molecule has 0 spiro atoms. The summed E-state index contributed by atoms with van der Waals surface area (Å²) in [7, 11) is 0. The number of hydrogen-bond donors (Lipinski definition) is 0. The van der Waals surface area contributed by atoms with Gasteiger partial charge in [0.25, 0.3) is 0 Å². The second kappa shape index (κ2) is 3.76. The van der Waals surface area contributed by atoms with Crippen LogP contribution in [0.2, 0.25) is 0 Å². The molecule has 2 nitrogen and oxygen atoms in total. The van der Waals surface area contributed by atoms with Crippen LogP contribution in [0.15, 0.2) is 0 Å². The third-order valence-corrected chi connectivity index (χ3v) is 1.53. The molecule has 0 aromatic heterocycles. The van der Waals surface area contributed by atoms with Crippen molar-refractivity contribution in [3.63, 3.8) is 0 Å². The van der Waals surface area contributed by atoms with E-state index in [2.05, 4.69) is 12.6 Å². The molecule has 0 N–H and O–H groups in total. The van der Waals surface area contributed by atoms with E-state index in [1.807, 2.05) is 27.7 Å². The Morgan fingerprint density at radius 1 is 1.20 bits per heavy atom. The zero-order valence-electron chi connectivity index (χ0n) is 6.92. The van der Waals surface area contributed by atoms with E-state index in [0.717, 1.165) is 0 Å². The largest absolute Gasteiger partial charge is 0.719 e. The zero-order valence-corrected chi connectivity index (χ0v) is 7.73. The van der Waals surface area contributed by atoms with E-state index >= 15 is 0 Å². The molecule has 0 aromatic carbocycles. The molecule has 3 heteroatoms.